The van der Waals surface area contributed by atoms with E-state index >= 15 is 0 Å². The van der Waals surface area contributed by atoms with E-state index in [0.29, 0.717) is 12.5 Å². The van der Waals surface area contributed by atoms with Gasteiger partial charge in [0.05, 0.1) is 0 Å². The van der Waals surface area contributed by atoms with Crippen LogP contribution in [0, 0.1) is 5.92 Å². The quantitative estimate of drug-likeness (QED) is 0.779. The monoisotopic (exact) mass is 250 g/mol. The number of imidazole rings is 1. The van der Waals surface area contributed by atoms with E-state index in [1.54, 1.807) is 6.20 Å². The van der Waals surface area contributed by atoms with Crippen molar-refractivity contribution in [2.24, 2.45) is 5.92 Å². The molecular formula is C13H22N4O. The van der Waals surface area contributed by atoms with Gasteiger partial charge >= 0.3 is 0 Å². The number of rotatable bonds is 5. The van der Waals surface area contributed by atoms with Crippen molar-refractivity contribution in [1.29, 1.82) is 0 Å². The Bertz CT molecular complexity index is 382. The van der Waals surface area contributed by atoms with Gasteiger partial charge in [0.15, 0.2) is 5.95 Å². The molecule has 1 aliphatic rings. The summed E-state index contributed by atoms with van der Waals surface area (Å²) in [6, 6.07) is 0. The van der Waals surface area contributed by atoms with E-state index in [1.165, 1.54) is 19.3 Å². The molecule has 3 N–H and O–H groups in total. The minimum Gasteiger partial charge on any atom is -0.369 e. The molecule has 5 nitrogen and oxygen atoms in total. The highest BCUT2D eigenvalue weighted by atomic mass is 16.1. The summed E-state index contributed by atoms with van der Waals surface area (Å²) in [6.45, 7) is 1.52. The van der Waals surface area contributed by atoms with Crippen LogP contribution in [0.1, 0.15) is 38.5 Å². The van der Waals surface area contributed by atoms with Crippen LogP contribution in [0.5, 0.6) is 0 Å². The molecule has 1 fully saturated rings. The van der Waals surface area contributed by atoms with Crippen molar-refractivity contribution in [1.82, 2.24) is 14.9 Å². The predicted octanol–water partition coefficient (Wildman–Crippen LogP) is 1.55. The van der Waals surface area contributed by atoms with E-state index in [4.69, 9.17) is 5.73 Å². The molecule has 0 aliphatic heterocycles. The first-order valence-corrected chi connectivity index (χ1v) is 6.81. The molecule has 1 aliphatic carbocycles. The second-order valence-corrected chi connectivity index (χ2v) is 4.96. The average molecular weight is 250 g/mol. The molecule has 1 saturated carbocycles. The Kier molecular flexibility index (Phi) is 4.61. The standard InChI is InChI=1S/C13H22N4O/c14-13-16-8-10-17(13)9-4-7-15-12(18)11-5-2-1-3-6-11/h8,10-11H,1-7,9H2,(H2,14,16)(H,15,18). The normalized spacial score (nSPS) is 16.7. The summed E-state index contributed by atoms with van der Waals surface area (Å²) >= 11 is 0. The average Bonchev–Trinajstić information content (AvgIpc) is 2.81. The third-order valence-electron chi connectivity index (χ3n) is 3.60. The Balaban J connectivity index is 1.63. The van der Waals surface area contributed by atoms with E-state index in [0.717, 1.165) is 25.8 Å². The summed E-state index contributed by atoms with van der Waals surface area (Å²) in [6.07, 6.45) is 10.2. The van der Waals surface area contributed by atoms with Crippen molar-refractivity contribution in [3.8, 4) is 0 Å². The number of anilines is 1. The number of nitrogens with two attached hydrogens (primary N) is 1. The third kappa shape index (κ3) is 3.48. The van der Waals surface area contributed by atoms with Gasteiger partial charge in [0.25, 0.3) is 0 Å². The predicted molar refractivity (Wildman–Crippen MR) is 70.8 cm³/mol. The van der Waals surface area contributed by atoms with E-state index in [-0.39, 0.29) is 11.8 Å². The van der Waals surface area contributed by atoms with E-state index in [2.05, 4.69) is 10.3 Å². The number of hydrogen-bond acceptors (Lipinski definition) is 3. The van der Waals surface area contributed by atoms with Crippen LogP contribution in [0.25, 0.3) is 0 Å². The lowest BCUT2D eigenvalue weighted by molar-refractivity contribution is -0.125. The minimum absolute atomic E-state index is 0.230. The van der Waals surface area contributed by atoms with Crippen LogP contribution in [0.3, 0.4) is 0 Å². The maximum Gasteiger partial charge on any atom is 0.223 e. The molecule has 1 heterocycles. The molecule has 1 aromatic rings. The molecule has 0 radical (unpaired) electrons. The van der Waals surface area contributed by atoms with Crippen LogP contribution in [0.2, 0.25) is 0 Å². The van der Waals surface area contributed by atoms with E-state index < -0.39 is 0 Å². The fourth-order valence-electron chi connectivity index (χ4n) is 2.50. The first-order valence-electron chi connectivity index (χ1n) is 6.81. The van der Waals surface area contributed by atoms with Gasteiger partial charge in [-0.2, -0.15) is 0 Å². The fourth-order valence-corrected chi connectivity index (χ4v) is 2.50. The first kappa shape index (κ1) is 12.9. The number of amides is 1. The number of aromatic nitrogens is 2. The Morgan fingerprint density at radius 1 is 1.44 bits per heavy atom. The number of carbonyl (C=O) groups is 1. The van der Waals surface area contributed by atoms with E-state index in [1.807, 2.05) is 10.8 Å². The van der Waals surface area contributed by atoms with Crippen LogP contribution in [-0.2, 0) is 11.3 Å². The number of nitrogen functional groups attached to an aromatic ring is 1. The van der Waals surface area contributed by atoms with Crippen LogP contribution < -0.4 is 11.1 Å². The Hall–Kier alpha value is -1.52. The molecule has 5 heteroatoms. The number of carbonyl (C=O) groups excluding carboxylic acids is 1. The lowest BCUT2D eigenvalue weighted by atomic mass is 9.89. The van der Waals surface area contributed by atoms with Crippen LogP contribution in [0.15, 0.2) is 12.4 Å². The van der Waals surface area contributed by atoms with Gasteiger partial charge in [-0.15, -0.1) is 0 Å². The zero-order valence-corrected chi connectivity index (χ0v) is 10.8. The van der Waals surface area contributed by atoms with Crippen LogP contribution in [0.4, 0.5) is 5.95 Å². The van der Waals surface area contributed by atoms with E-state index in [9.17, 15) is 4.79 Å². The maximum atomic E-state index is 11.9. The second-order valence-electron chi connectivity index (χ2n) is 4.96. The van der Waals surface area contributed by atoms with Gasteiger partial charge in [-0.25, -0.2) is 4.98 Å². The van der Waals surface area contributed by atoms with Gasteiger partial charge in [-0.05, 0) is 19.3 Å². The summed E-state index contributed by atoms with van der Waals surface area (Å²) in [5, 5.41) is 3.02. The van der Waals surface area contributed by atoms with Gasteiger partial charge in [0.1, 0.15) is 0 Å². The van der Waals surface area contributed by atoms with Gasteiger partial charge < -0.3 is 15.6 Å². The van der Waals surface area contributed by atoms with Crippen molar-refractivity contribution in [2.45, 2.75) is 45.1 Å². The molecule has 0 atom stereocenters. The van der Waals surface area contributed by atoms with Crippen molar-refractivity contribution in [3.63, 3.8) is 0 Å². The SMILES string of the molecule is Nc1nccn1CCCNC(=O)C1CCCCC1. The second kappa shape index (κ2) is 6.42. The van der Waals surface area contributed by atoms with Gasteiger partial charge in [0, 0.05) is 31.4 Å². The number of hydrogen-bond donors (Lipinski definition) is 2. The summed E-state index contributed by atoms with van der Waals surface area (Å²) in [5.74, 6) is 1.01. The molecule has 100 valence electrons. The molecule has 2 rings (SSSR count). The first-order chi connectivity index (χ1) is 8.77. The molecular weight excluding hydrogens is 228 g/mol. The summed E-state index contributed by atoms with van der Waals surface area (Å²) < 4.78 is 1.90. The lowest BCUT2D eigenvalue weighted by Gasteiger charge is -2.20. The molecule has 0 aromatic carbocycles. The summed E-state index contributed by atoms with van der Waals surface area (Å²) in [5.41, 5.74) is 5.66. The summed E-state index contributed by atoms with van der Waals surface area (Å²) in [4.78, 5) is 15.8. The Labute approximate surface area is 108 Å². The highest BCUT2D eigenvalue weighted by molar-refractivity contribution is 5.78. The Morgan fingerprint density at radius 2 is 2.22 bits per heavy atom. The topological polar surface area (TPSA) is 72.9 Å². The zero-order chi connectivity index (χ0) is 12.8. The largest absolute Gasteiger partial charge is 0.369 e. The van der Waals surface area contributed by atoms with Gasteiger partial charge in [-0.1, -0.05) is 19.3 Å². The molecule has 1 aromatic heterocycles. The highest BCUT2D eigenvalue weighted by Gasteiger charge is 2.20. The smallest absolute Gasteiger partial charge is 0.223 e. The van der Waals surface area contributed by atoms with Crippen molar-refractivity contribution < 1.29 is 4.79 Å². The molecule has 0 unspecified atom stereocenters. The highest BCUT2D eigenvalue weighted by Crippen LogP contribution is 2.23. The van der Waals surface area contributed by atoms with Crippen molar-refractivity contribution >= 4 is 11.9 Å². The molecule has 1 amide bonds. The third-order valence-corrected chi connectivity index (χ3v) is 3.60. The fraction of sp³-hybridized carbons (Fsp3) is 0.692. The van der Waals surface area contributed by atoms with Crippen LogP contribution in [-0.4, -0.2) is 22.0 Å². The van der Waals surface area contributed by atoms with Crippen LogP contribution >= 0.6 is 0 Å². The number of nitrogens with one attached hydrogen (secondary N) is 1. The Morgan fingerprint density at radius 3 is 2.89 bits per heavy atom. The molecule has 0 saturated heterocycles. The number of nitrogens with zero attached hydrogens (tertiary/aromatic N) is 2. The maximum absolute atomic E-state index is 11.9. The number of aryl methyl sites for hydroxylation is 1. The summed E-state index contributed by atoms with van der Waals surface area (Å²) in [7, 11) is 0. The molecule has 0 spiro atoms. The van der Waals surface area contributed by atoms with Gasteiger partial charge in [0.2, 0.25) is 5.91 Å². The van der Waals surface area contributed by atoms with Gasteiger partial charge in [-0.3, -0.25) is 4.79 Å². The molecule has 0 bridgehead atoms. The zero-order valence-electron chi connectivity index (χ0n) is 10.8. The lowest BCUT2D eigenvalue weighted by Crippen LogP contribution is -2.32. The van der Waals surface area contributed by atoms with Crippen molar-refractivity contribution in [3.05, 3.63) is 12.4 Å². The van der Waals surface area contributed by atoms with Crippen molar-refractivity contribution in [2.75, 3.05) is 12.3 Å². The molecule has 18 heavy (non-hydrogen) atoms. The minimum atomic E-state index is 0.230.